The molecule has 0 aromatic carbocycles. The first kappa shape index (κ1) is 14.6. The van der Waals surface area contributed by atoms with Crippen molar-refractivity contribution in [3.8, 4) is 0 Å². The van der Waals surface area contributed by atoms with Crippen LogP contribution in [0.4, 0.5) is 4.79 Å². The smallest absolute Gasteiger partial charge is 0.410 e. The normalized spacial score (nSPS) is 30.5. The number of nitrogens with zero attached hydrogens (tertiary/aromatic N) is 1. The number of piperidine rings is 1. The van der Waals surface area contributed by atoms with Gasteiger partial charge in [0.1, 0.15) is 5.60 Å². The topological polar surface area (TPSA) is 38.8 Å². The number of carbonyl (C=O) groups is 1. The van der Waals surface area contributed by atoms with Crippen LogP contribution in [-0.4, -0.2) is 41.4 Å². The van der Waals surface area contributed by atoms with Gasteiger partial charge in [0.15, 0.2) is 0 Å². The monoisotopic (exact) mass is 269 g/mol. The molecule has 2 bridgehead atoms. The van der Waals surface area contributed by atoms with Crippen molar-refractivity contribution in [1.29, 1.82) is 0 Å². The van der Waals surface area contributed by atoms with Crippen LogP contribution in [-0.2, 0) is 9.47 Å². The summed E-state index contributed by atoms with van der Waals surface area (Å²) in [5, 5.41) is 0. The molecule has 0 radical (unpaired) electrons. The highest BCUT2D eigenvalue weighted by atomic mass is 16.6. The molecule has 0 N–H and O–H groups in total. The van der Waals surface area contributed by atoms with Crippen LogP contribution in [0.25, 0.3) is 0 Å². The molecular formula is C15H27NO3. The zero-order valence-electron chi connectivity index (χ0n) is 12.6. The SMILES string of the molecule is CCCO[C@H]1CC2CC[C@@H](C1)N2C(=O)OC(C)(C)C. The molecule has 3 atom stereocenters. The second-order valence-electron chi connectivity index (χ2n) is 6.74. The van der Waals surface area contributed by atoms with Crippen LogP contribution < -0.4 is 0 Å². The first-order valence-electron chi connectivity index (χ1n) is 7.53. The third-order valence-corrected chi connectivity index (χ3v) is 3.85. The molecule has 19 heavy (non-hydrogen) atoms. The van der Waals surface area contributed by atoms with Crippen LogP contribution in [0.5, 0.6) is 0 Å². The highest BCUT2D eigenvalue weighted by Gasteiger charge is 2.45. The fourth-order valence-corrected chi connectivity index (χ4v) is 3.16. The van der Waals surface area contributed by atoms with Crippen molar-refractivity contribution in [1.82, 2.24) is 4.90 Å². The van der Waals surface area contributed by atoms with Gasteiger partial charge in [-0.1, -0.05) is 6.92 Å². The van der Waals surface area contributed by atoms with E-state index in [0.717, 1.165) is 38.7 Å². The quantitative estimate of drug-likeness (QED) is 0.788. The molecule has 0 saturated carbocycles. The van der Waals surface area contributed by atoms with Gasteiger partial charge in [0, 0.05) is 18.7 Å². The Balaban J connectivity index is 1.93. The minimum atomic E-state index is -0.411. The summed E-state index contributed by atoms with van der Waals surface area (Å²) in [5.41, 5.74) is -0.411. The molecule has 1 amide bonds. The Morgan fingerprint density at radius 2 is 1.79 bits per heavy atom. The Morgan fingerprint density at radius 1 is 1.21 bits per heavy atom. The standard InChI is InChI=1S/C15H27NO3/c1-5-8-18-13-9-11-6-7-12(10-13)16(11)14(17)19-15(2,3)4/h11-13H,5-10H2,1-4H3/t11-,12?,13+/m0/s1. The van der Waals surface area contributed by atoms with E-state index in [0.29, 0.717) is 18.2 Å². The maximum Gasteiger partial charge on any atom is 0.410 e. The van der Waals surface area contributed by atoms with E-state index in [9.17, 15) is 4.79 Å². The van der Waals surface area contributed by atoms with Crippen LogP contribution >= 0.6 is 0 Å². The number of fused-ring (bicyclic) bond motifs is 2. The van der Waals surface area contributed by atoms with Crippen molar-refractivity contribution in [2.75, 3.05) is 6.61 Å². The van der Waals surface area contributed by atoms with E-state index in [4.69, 9.17) is 9.47 Å². The number of ether oxygens (including phenoxy) is 2. The predicted molar refractivity (Wildman–Crippen MR) is 74.1 cm³/mol. The minimum Gasteiger partial charge on any atom is -0.444 e. The van der Waals surface area contributed by atoms with E-state index in [-0.39, 0.29) is 6.09 Å². The molecule has 4 heteroatoms. The average molecular weight is 269 g/mol. The van der Waals surface area contributed by atoms with Crippen LogP contribution in [0.1, 0.15) is 59.8 Å². The van der Waals surface area contributed by atoms with Crippen molar-refractivity contribution < 1.29 is 14.3 Å². The summed E-state index contributed by atoms with van der Waals surface area (Å²) < 4.78 is 11.4. The van der Waals surface area contributed by atoms with Crippen molar-refractivity contribution >= 4 is 6.09 Å². The Bertz CT molecular complexity index is 310. The Hall–Kier alpha value is -0.770. The molecule has 2 rings (SSSR count). The molecule has 2 fully saturated rings. The Kier molecular flexibility index (Phi) is 4.39. The number of carbonyl (C=O) groups excluding carboxylic acids is 1. The van der Waals surface area contributed by atoms with Gasteiger partial charge in [-0.05, 0) is 52.9 Å². The van der Waals surface area contributed by atoms with Gasteiger partial charge in [-0.25, -0.2) is 4.79 Å². The summed E-state index contributed by atoms with van der Waals surface area (Å²) in [6.07, 6.45) is 5.36. The van der Waals surface area contributed by atoms with Crippen molar-refractivity contribution in [3.05, 3.63) is 0 Å². The molecular weight excluding hydrogens is 242 g/mol. The van der Waals surface area contributed by atoms with Gasteiger partial charge < -0.3 is 14.4 Å². The molecule has 4 nitrogen and oxygen atoms in total. The van der Waals surface area contributed by atoms with E-state index < -0.39 is 5.60 Å². The van der Waals surface area contributed by atoms with Crippen molar-refractivity contribution in [2.45, 2.75) is 83.6 Å². The Labute approximate surface area is 116 Å². The first-order valence-corrected chi connectivity index (χ1v) is 7.53. The van der Waals surface area contributed by atoms with Crippen molar-refractivity contribution in [3.63, 3.8) is 0 Å². The lowest BCUT2D eigenvalue weighted by Crippen LogP contribution is -2.50. The van der Waals surface area contributed by atoms with Gasteiger partial charge in [-0.2, -0.15) is 0 Å². The van der Waals surface area contributed by atoms with E-state index in [1.54, 1.807) is 0 Å². The predicted octanol–water partition coefficient (Wildman–Crippen LogP) is 3.34. The van der Waals surface area contributed by atoms with Gasteiger partial charge in [0.25, 0.3) is 0 Å². The lowest BCUT2D eigenvalue weighted by atomic mass is 10.0. The summed E-state index contributed by atoms with van der Waals surface area (Å²) in [4.78, 5) is 14.2. The molecule has 110 valence electrons. The molecule has 2 heterocycles. The number of amides is 1. The summed E-state index contributed by atoms with van der Waals surface area (Å²) in [6, 6.07) is 0.630. The molecule has 0 aromatic heterocycles. The lowest BCUT2D eigenvalue weighted by Gasteiger charge is -2.39. The molecule has 2 aliphatic heterocycles. The van der Waals surface area contributed by atoms with Gasteiger partial charge in [-0.15, -0.1) is 0 Å². The second-order valence-corrected chi connectivity index (χ2v) is 6.74. The van der Waals surface area contributed by atoms with Gasteiger partial charge in [0.05, 0.1) is 6.10 Å². The van der Waals surface area contributed by atoms with E-state index in [1.807, 2.05) is 25.7 Å². The zero-order chi connectivity index (χ0) is 14.0. The number of rotatable bonds is 3. The maximum atomic E-state index is 12.3. The van der Waals surface area contributed by atoms with Crippen LogP contribution in [0.2, 0.25) is 0 Å². The van der Waals surface area contributed by atoms with Crippen LogP contribution in [0.3, 0.4) is 0 Å². The maximum absolute atomic E-state index is 12.3. The van der Waals surface area contributed by atoms with E-state index in [2.05, 4.69) is 6.92 Å². The highest BCUT2D eigenvalue weighted by Crippen LogP contribution is 2.37. The molecule has 1 unspecified atom stereocenters. The second kappa shape index (κ2) is 5.70. The minimum absolute atomic E-state index is 0.144. The molecule has 0 aliphatic carbocycles. The lowest BCUT2D eigenvalue weighted by molar-refractivity contribution is -0.0341. The molecule has 2 saturated heterocycles. The highest BCUT2D eigenvalue weighted by molar-refractivity contribution is 5.69. The summed E-state index contributed by atoms with van der Waals surface area (Å²) in [5.74, 6) is 0. The van der Waals surface area contributed by atoms with Gasteiger partial charge in [-0.3, -0.25) is 0 Å². The first-order chi connectivity index (χ1) is 8.90. The van der Waals surface area contributed by atoms with Crippen LogP contribution in [0, 0.1) is 0 Å². The summed E-state index contributed by atoms with van der Waals surface area (Å²) in [6.45, 7) is 8.72. The third-order valence-electron chi connectivity index (χ3n) is 3.85. The molecule has 0 spiro atoms. The molecule has 2 aliphatic rings. The number of hydrogen-bond acceptors (Lipinski definition) is 3. The van der Waals surface area contributed by atoms with E-state index >= 15 is 0 Å². The summed E-state index contributed by atoms with van der Waals surface area (Å²) in [7, 11) is 0. The fourth-order valence-electron chi connectivity index (χ4n) is 3.16. The van der Waals surface area contributed by atoms with Gasteiger partial charge >= 0.3 is 6.09 Å². The van der Waals surface area contributed by atoms with E-state index in [1.165, 1.54) is 0 Å². The zero-order valence-corrected chi connectivity index (χ0v) is 12.6. The van der Waals surface area contributed by atoms with Crippen molar-refractivity contribution in [2.24, 2.45) is 0 Å². The van der Waals surface area contributed by atoms with Gasteiger partial charge in [0.2, 0.25) is 0 Å². The summed E-state index contributed by atoms with van der Waals surface area (Å²) >= 11 is 0. The fraction of sp³-hybridized carbons (Fsp3) is 0.933. The van der Waals surface area contributed by atoms with Crippen LogP contribution in [0.15, 0.2) is 0 Å². The third kappa shape index (κ3) is 3.62. The molecule has 0 aromatic rings. The number of hydrogen-bond donors (Lipinski definition) is 0. The largest absolute Gasteiger partial charge is 0.444 e. The Morgan fingerprint density at radius 3 is 2.26 bits per heavy atom. The average Bonchev–Trinajstić information content (AvgIpc) is 2.56.